The van der Waals surface area contributed by atoms with Crippen molar-refractivity contribution in [2.24, 2.45) is 0 Å². The molecule has 0 saturated carbocycles. The fourth-order valence-corrected chi connectivity index (χ4v) is 3.84. The first-order chi connectivity index (χ1) is 10.1. The van der Waals surface area contributed by atoms with E-state index in [2.05, 4.69) is 32.4 Å². The van der Waals surface area contributed by atoms with Gasteiger partial charge < -0.3 is 5.32 Å². The van der Waals surface area contributed by atoms with E-state index in [1.54, 1.807) is 18.3 Å². The molecule has 108 valence electrons. The van der Waals surface area contributed by atoms with Crippen LogP contribution >= 0.6 is 22.9 Å². The van der Waals surface area contributed by atoms with E-state index >= 15 is 0 Å². The van der Waals surface area contributed by atoms with Crippen LogP contribution in [0.1, 0.15) is 27.9 Å². The van der Waals surface area contributed by atoms with E-state index in [1.165, 1.54) is 15.6 Å². The van der Waals surface area contributed by atoms with Crippen LogP contribution in [0.15, 0.2) is 29.6 Å². The molecule has 0 fully saturated rings. The van der Waals surface area contributed by atoms with Crippen LogP contribution in [0, 0.1) is 6.92 Å². The Kier molecular flexibility index (Phi) is 3.98. The predicted molar refractivity (Wildman–Crippen MR) is 87.1 cm³/mol. The molecule has 2 heterocycles. The van der Waals surface area contributed by atoms with E-state index < -0.39 is 0 Å². The number of thiophene rings is 1. The molecular formula is C15H15N3OS2. The number of nitrogens with zero attached hydrogens (tertiary/aromatic N) is 2. The predicted octanol–water partition coefficient (Wildman–Crippen LogP) is 3.42. The molecule has 1 N–H and O–H groups in total. The number of aromatic nitrogens is 2. The number of nitrogens with one attached hydrogen (secondary N) is 1. The molecule has 4 nitrogen and oxygen atoms in total. The van der Waals surface area contributed by atoms with Crippen LogP contribution in [-0.2, 0) is 6.42 Å². The van der Waals surface area contributed by atoms with Crippen molar-refractivity contribution in [3.05, 3.63) is 45.8 Å². The Hall–Kier alpha value is -1.79. The number of hydrogen-bond acceptors (Lipinski definition) is 5. The SMILES string of the molecule is Cc1nnsc1C(=O)NC(C)Cc1csc2ccccc12. The Balaban J connectivity index is 1.71. The second-order valence-corrected chi connectivity index (χ2v) is 6.69. The molecule has 1 atom stereocenters. The highest BCUT2D eigenvalue weighted by Gasteiger charge is 2.16. The van der Waals surface area contributed by atoms with Crippen LogP contribution in [0.2, 0.25) is 0 Å². The normalized spacial score (nSPS) is 12.5. The van der Waals surface area contributed by atoms with Gasteiger partial charge in [0.15, 0.2) is 0 Å². The van der Waals surface area contributed by atoms with Crippen LogP contribution in [-0.4, -0.2) is 21.5 Å². The van der Waals surface area contributed by atoms with E-state index in [0.717, 1.165) is 18.0 Å². The summed E-state index contributed by atoms with van der Waals surface area (Å²) in [5, 5.41) is 10.3. The van der Waals surface area contributed by atoms with E-state index in [4.69, 9.17) is 0 Å². The standard InChI is InChI=1S/C15H15N3OS2/c1-9(16-15(19)14-10(2)17-18-21-14)7-11-8-20-13-6-4-3-5-12(11)13/h3-6,8-9H,7H2,1-2H3,(H,16,19). The van der Waals surface area contributed by atoms with E-state index in [1.807, 2.05) is 19.1 Å². The molecule has 0 aliphatic carbocycles. The highest BCUT2D eigenvalue weighted by molar-refractivity contribution is 7.17. The van der Waals surface area contributed by atoms with Gasteiger partial charge in [-0.05, 0) is 54.2 Å². The highest BCUT2D eigenvalue weighted by atomic mass is 32.1. The van der Waals surface area contributed by atoms with Crippen molar-refractivity contribution in [3.63, 3.8) is 0 Å². The van der Waals surface area contributed by atoms with Crippen LogP contribution in [0.3, 0.4) is 0 Å². The first kappa shape index (κ1) is 14.2. The molecule has 3 rings (SSSR count). The molecular weight excluding hydrogens is 302 g/mol. The van der Waals surface area contributed by atoms with Crippen molar-refractivity contribution in [1.82, 2.24) is 14.9 Å². The Morgan fingerprint density at radius 1 is 1.38 bits per heavy atom. The Morgan fingerprint density at radius 2 is 2.19 bits per heavy atom. The maximum atomic E-state index is 12.2. The third kappa shape index (κ3) is 2.96. The van der Waals surface area contributed by atoms with Gasteiger partial charge in [-0.25, -0.2) is 0 Å². The van der Waals surface area contributed by atoms with E-state index in [9.17, 15) is 4.79 Å². The molecule has 6 heteroatoms. The van der Waals surface area contributed by atoms with Crippen molar-refractivity contribution >= 4 is 38.9 Å². The average molecular weight is 317 g/mol. The summed E-state index contributed by atoms with van der Waals surface area (Å²) in [5.74, 6) is -0.0884. The summed E-state index contributed by atoms with van der Waals surface area (Å²) in [5.41, 5.74) is 1.97. The molecule has 0 bridgehead atoms. The Bertz CT molecular complexity index is 778. The number of rotatable bonds is 4. The number of benzene rings is 1. The molecule has 1 aromatic carbocycles. The summed E-state index contributed by atoms with van der Waals surface area (Å²) in [4.78, 5) is 12.7. The van der Waals surface area contributed by atoms with Gasteiger partial charge in [0.25, 0.3) is 5.91 Å². The quantitative estimate of drug-likeness (QED) is 0.802. The minimum absolute atomic E-state index is 0.0667. The van der Waals surface area contributed by atoms with Gasteiger partial charge in [-0.3, -0.25) is 4.79 Å². The molecule has 0 spiro atoms. The van der Waals surface area contributed by atoms with Crippen LogP contribution < -0.4 is 5.32 Å². The van der Waals surface area contributed by atoms with Gasteiger partial charge in [0, 0.05) is 10.7 Å². The Labute approximate surface area is 131 Å². The third-order valence-electron chi connectivity index (χ3n) is 3.32. The van der Waals surface area contributed by atoms with Crippen molar-refractivity contribution in [1.29, 1.82) is 0 Å². The second-order valence-electron chi connectivity index (χ2n) is 5.02. The molecule has 0 aliphatic rings. The van der Waals surface area contributed by atoms with Gasteiger partial charge in [-0.2, -0.15) is 0 Å². The monoisotopic (exact) mass is 317 g/mol. The lowest BCUT2D eigenvalue weighted by molar-refractivity contribution is 0.0943. The number of carbonyl (C=O) groups excluding carboxylic acids is 1. The molecule has 3 aromatic rings. The first-order valence-electron chi connectivity index (χ1n) is 6.70. The third-order valence-corrected chi connectivity index (χ3v) is 5.16. The lowest BCUT2D eigenvalue weighted by Crippen LogP contribution is -2.33. The van der Waals surface area contributed by atoms with Crippen molar-refractivity contribution < 1.29 is 4.79 Å². The maximum absolute atomic E-state index is 12.2. The summed E-state index contributed by atoms with van der Waals surface area (Å²) in [7, 11) is 0. The summed E-state index contributed by atoms with van der Waals surface area (Å²) in [6.45, 7) is 3.82. The van der Waals surface area contributed by atoms with Gasteiger partial charge in [0.05, 0.1) is 5.69 Å². The molecule has 1 unspecified atom stereocenters. The van der Waals surface area contributed by atoms with Gasteiger partial charge >= 0.3 is 0 Å². The smallest absolute Gasteiger partial charge is 0.265 e. The summed E-state index contributed by atoms with van der Waals surface area (Å²) in [6.07, 6.45) is 0.820. The van der Waals surface area contributed by atoms with Gasteiger partial charge in [-0.1, -0.05) is 22.7 Å². The molecule has 21 heavy (non-hydrogen) atoms. The summed E-state index contributed by atoms with van der Waals surface area (Å²) >= 11 is 2.88. The summed E-state index contributed by atoms with van der Waals surface area (Å²) < 4.78 is 5.08. The van der Waals surface area contributed by atoms with E-state index in [0.29, 0.717) is 10.6 Å². The van der Waals surface area contributed by atoms with E-state index in [-0.39, 0.29) is 11.9 Å². The van der Waals surface area contributed by atoms with Crippen molar-refractivity contribution in [2.75, 3.05) is 0 Å². The lowest BCUT2D eigenvalue weighted by Gasteiger charge is -2.12. The maximum Gasteiger partial charge on any atom is 0.265 e. The van der Waals surface area contributed by atoms with Gasteiger partial charge in [0.2, 0.25) is 0 Å². The zero-order valence-electron chi connectivity index (χ0n) is 11.8. The lowest BCUT2D eigenvalue weighted by atomic mass is 10.1. The van der Waals surface area contributed by atoms with Crippen molar-refractivity contribution in [2.45, 2.75) is 26.3 Å². The number of carbonyl (C=O) groups is 1. The minimum atomic E-state index is -0.0884. The number of amides is 1. The Morgan fingerprint density at radius 3 is 2.95 bits per heavy atom. The average Bonchev–Trinajstić information content (AvgIpc) is 3.06. The molecule has 0 radical (unpaired) electrons. The molecule has 0 aliphatic heterocycles. The second kappa shape index (κ2) is 5.91. The summed E-state index contributed by atoms with van der Waals surface area (Å²) in [6, 6.07) is 8.42. The first-order valence-corrected chi connectivity index (χ1v) is 8.35. The van der Waals surface area contributed by atoms with Crippen LogP contribution in [0.5, 0.6) is 0 Å². The zero-order valence-corrected chi connectivity index (χ0v) is 13.4. The van der Waals surface area contributed by atoms with Crippen molar-refractivity contribution in [3.8, 4) is 0 Å². The minimum Gasteiger partial charge on any atom is -0.348 e. The molecule has 1 amide bonds. The molecule has 0 saturated heterocycles. The van der Waals surface area contributed by atoms with Gasteiger partial charge in [0.1, 0.15) is 4.88 Å². The number of aryl methyl sites for hydroxylation is 1. The molecule has 2 aromatic heterocycles. The fraction of sp³-hybridized carbons (Fsp3) is 0.267. The topological polar surface area (TPSA) is 54.9 Å². The van der Waals surface area contributed by atoms with Crippen LogP contribution in [0.4, 0.5) is 0 Å². The highest BCUT2D eigenvalue weighted by Crippen LogP contribution is 2.26. The zero-order chi connectivity index (χ0) is 14.8. The largest absolute Gasteiger partial charge is 0.348 e. The van der Waals surface area contributed by atoms with Crippen LogP contribution in [0.25, 0.3) is 10.1 Å². The number of hydrogen-bond donors (Lipinski definition) is 1. The fourth-order valence-electron chi connectivity index (χ4n) is 2.30. The van der Waals surface area contributed by atoms with Gasteiger partial charge in [-0.15, -0.1) is 16.4 Å². The number of fused-ring (bicyclic) bond motifs is 1.